The number of nitrogens with zero attached hydrogens (tertiary/aromatic N) is 2. The number of imide groups is 1. The molecule has 0 aromatic heterocycles. The Kier molecular flexibility index (Phi) is 4.52. The lowest BCUT2D eigenvalue weighted by Crippen LogP contribution is -2.47. The van der Waals surface area contributed by atoms with Crippen molar-refractivity contribution in [3.63, 3.8) is 0 Å². The first-order chi connectivity index (χ1) is 12.9. The van der Waals surface area contributed by atoms with Gasteiger partial charge in [0.2, 0.25) is 0 Å². The smallest absolute Gasteiger partial charge is 0.344 e. The van der Waals surface area contributed by atoms with Crippen LogP contribution in [0.5, 0.6) is 5.75 Å². The van der Waals surface area contributed by atoms with Crippen LogP contribution in [0, 0.1) is 11.3 Å². The van der Waals surface area contributed by atoms with Gasteiger partial charge in [-0.25, -0.2) is 4.79 Å². The van der Waals surface area contributed by atoms with Gasteiger partial charge in [0.05, 0.1) is 18.7 Å². The molecule has 0 bridgehead atoms. The fourth-order valence-corrected chi connectivity index (χ4v) is 2.72. The van der Waals surface area contributed by atoms with E-state index in [0.29, 0.717) is 21.9 Å². The molecule has 8 heteroatoms. The van der Waals surface area contributed by atoms with Gasteiger partial charge in [0.1, 0.15) is 11.3 Å². The van der Waals surface area contributed by atoms with Crippen molar-refractivity contribution in [2.24, 2.45) is 0 Å². The lowest BCUT2D eigenvalue weighted by Gasteiger charge is -2.22. The van der Waals surface area contributed by atoms with Gasteiger partial charge >= 0.3 is 6.03 Å². The predicted octanol–water partition coefficient (Wildman–Crippen LogP) is 1.68. The van der Waals surface area contributed by atoms with Crippen LogP contribution in [-0.2, 0) is 10.3 Å². The van der Waals surface area contributed by atoms with E-state index < -0.39 is 23.4 Å². The third-order valence-electron chi connectivity index (χ3n) is 4.35. The van der Waals surface area contributed by atoms with Gasteiger partial charge in [-0.05, 0) is 48.9 Å². The lowest BCUT2D eigenvalue weighted by molar-refractivity contribution is -0.132. The molecule has 1 atom stereocenters. The van der Waals surface area contributed by atoms with Crippen LogP contribution in [0.4, 0.5) is 4.79 Å². The van der Waals surface area contributed by atoms with Crippen LogP contribution in [0.15, 0.2) is 48.5 Å². The number of nitrogens with one attached hydrogen (secondary N) is 2. The molecule has 1 fully saturated rings. The van der Waals surface area contributed by atoms with Crippen molar-refractivity contribution in [2.45, 2.75) is 12.5 Å². The average Bonchev–Trinajstić information content (AvgIpc) is 2.92. The van der Waals surface area contributed by atoms with Gasteiger partial charge in [0.15, 0.2) is 0 Å². The van der Waals surface area contributed by atoms with E-state index in [2.05, 4.69) is 10.7 Å². The number of hydrogen-bond donors (Lipinski definition) is 2. The molecule has 2 N–H and O–H groups in total. The van der Waals surface area contributed by atoms with E-state index in [0.717, 1.165) is 0 Å². The molecule has 0 spiro atoms. The maximum Gasteiger partial charge on any atom is 0.344 e. The van der Waals surface area contributed by atoms with E-state index >= 15 is 0 Å². The van der Waals surface area contributed by atoms with Crippen LogP contribution in [0.2, 0.25) is 0 Å². The first-order valence-electron chi connectivity index (χ1n) is 8.01. The molecule has 1 saturated heterocycles. The molecule has 1 aliphatic heterocycles. The summed E-state index contributed by atoms with van der Waals surface area (Å²) in [7, 11) is 1.53. The summed E-state index contributed by atoms with van der Waals surface area (Å²) in [6.45, 7) is 1.56. The van der Waals surface area contributed by atoms with E-state index in [1.807, 2.05) is 6.07 Å². The number of ether oxygens (including phenoxy) is 1. The van der Waals surface area contributed by atoms with E-state index in [1.54, 1.807) is 31.2 Å². The largest absolute Gasteiger partial charge is 0.497 e. The zero-order valence-electron chi connectivity index (χ0n) is 14.6. The molecule has 1 aliphatic rings. The molecule has 4 amide bonds. The van der Waals surface area contributed by atoms with Crippen LogP contribution in [0.1, 0.15) is 28.4 Å². The molecule has 0 aliphatic carbocycles. The van der Waals surface area contributed by atoms with Gasteiger partial charge < -0.3 is 10.1 Å². The van der Waals surface area contributed by atoms with Crippen LogP contribution in [-0.4, -0.2) is 30.0 Å². The Bertz CT molecular complexity index is 947. The molecular formula is C19H16N4O4. The second kappa shape index (κ2) is 6.80. The number of methoxy groups -OCH3 is 1. The summed E-state index contributed by atoms with van der Waals surface area (Å²) >= 11 is 0. The molecule has 2 aromatic carbocycles. The van der Waals surface area contributed by atoms with Crippen LogP contribution >= 0.6 is 0 Å². The van der Waals surface area contributed by atoms with Crippen LogP contribution < -0.4 is 15.5 Å². The zero-order chi connectivity index (χ0) is 19.6. The van der Waals surface area contributed by atoms with E-state index in [1.165, 1.54) is 31.4 Å². The second-order valence-electron chi connectivity index (χ2n) is 6.05. The minimum atomic E-state index is -1.32. The van der Waals surface area contributed by atoms with Crippen molar-refractivity contribution in [3.8, 4) is 11.8 Å². The summed E-state index contributed by atoms with van der Waals surface area (Å²) < 4.78 is 5.09. The summed E-state index contributed by atoms with van der Waals surface area (Å²) in [5, 5.41) is 12.1. The highest BCUT2D eigenvalue weighted by Crippen LogP contribution is 2.29. The number of hydrogen-bond acceptors (Lipinski definition) is 5. The molecule has 0 unspecified atom stereocenters. The Morgan fingerprint density at radius 1 is 1.15 bits per heavy atom. The molecule has 1 heterocycles. The summed E-state index contributed by atoms with van der Waals surface area (Å²) in [6.07, 6.45) is 0. The van der Waals surface area contributed by atoms with Gasteiger partial charge in [-0.1, -0.05) is 12.1 Å². The van der Waals surface area contributed by atoms with Gasteiger partial charge in [0.25, 0.3) is 11.8 Å². The summed E-state index contributed by atoms with van der Waals surface area (Å²) in [4.78, 5) is 37.4. The highest BCUT2D eigenvalue weighted by Gasteiger charge is 2.50. The minimum absolute atomic E-state index is 0.215. The normalized spacial score (nSPS) is 18.6. The maximum absolute atomic E-state index is 12.8. The Morgan fingerprint density at radius 3 is 2.33 bits per heavy atom. The monoisotopic (exact) mass is 364 g/mol. The quantitative estimate of drug-likeness (QED) is 0.802. The van der Waals surface area contributed by atoms with Crippen molar-refractivity contribution < 1.29 is 19.1 Å². The van der Waals surface area contributed by atoms with Crippen molar-refractivity contribution in [1.82, 2.24) is 15.8 Å². The first-order valence-corrected chi connectivity index (χ1v) is 8.01. The van der Waals surface area contributed by atoms with Gasteiger partial charge in [-0.3, -0.25) is 15.0 Å². The number of amides is 4. The topological polar surface area (TPSA) is 112 Å². The molecule has 3 rings (SSSR count). The highest BCUT2D eigenvalue weighted by atomic mass is 16.5. The van der Waals surface area contributed by atoms with Gasteiger partial charge in [-0.15, -0.1) is 0 Å². The number of nitriles is 1. The number of hydrazine groups is 1. The van der Waals surface area contributed by atoms with Crippen LogP contribution in [0.25, 0.3) is 0 Å². The molecule has 0 saturated carbocycles. The molecule has 27 heavy (non-hydrogen) atoms. The third-order valence-corrected chi connectivity index (χ3v) is 4.35. The van der Waals surface area contributed by atoms with E-state index in [4.69, 9.17) is 10.00 Å². The van der Waals surface area contributed by atoms with Crippen molar-refractivity contribution in [1.29, 1.82) is 5.26 Å². The summed E-state index contributed by atoms with van der Waals surface area (Å²) in [5.41, 5.74) is 2.15. The predicted molar refractivity (Wildman–Crippen MR) is 94.3 cm³/mol. The summed E-state index contributed by atoms with van der Waals surface area (Å²) in [5.74, 6) is -0.633. The third kappa shape index (κ3) is 3.18. The Labute approximate surface area is 155 Å². The van der Waals surface area contributed by atoms with E-state index in [-0.39, 0.29) is 5.56 Å². The van der Waals surface area contributed by atoms with Gasteiger partial charge in [0, 0.05) is 5.56 Å². The second-order valence-corrected chi connectivity index (χ2v) is 6.05. The molecule has 136 valence electrons. The Morgan fingerprint density at radius 2 is 1.78 bits per heavy atom. The molecule has 0 radical (unpaired) electrons. The standard InChI is InChI=1S/C19H16N4O4/c1-19(14-7-9-15(27-2)10-8-14)17(25)23(18(26)21-19)22-16(24)13-5-3-12(11-20)4-6-13/h3-10H,1-2H3,(H,21,26)(H,22,24)/t19-/m0/s1. The Balaban J connectivity index is 1.80. The molecular weight excluding hydrogens is 348 g/mol. The summed E-state index contributed by atoms with van der Waals surface area (Å²) in [6, 6.07) is 13.7. The van der Waals surface area contributed by atoms with E-state index in [9.17, 15) is 14.4 Å². The minimum Gasteiger partial charge on any atom is -0.497 e. The average molecular weight is 364 g/mol. The lowest BCUT2D eigenvalue weighted by atomic mass is 9.92. The first kappa shape index (κ1) is 17.9. The van der Waals surface area contributed by atoms with Crippen molar-refractivity contribution in [3.05, 3.63) is 65.2 Å². The number of benzene rings is 2. The maximum atomic E-state index is 12.8. The van der Waals surface area contributed by atoms with Crippen molar-refractivity contribution in [2.75, 3.05) is 7.11 Å². The van der Waals surface area contributed by atoms with Crippen molar-refractivity contribution >= 4 is 17.8 Å². The fraction of sp³-hybridized carbons (Fsp3) is 0.158. The number of carbonyl (C=O) groups is 3. The number of carbonyl (C=O) groups excluding carboxylic acids is 3. The van der Waals surface area contributed by atoms with Crippen LogP contribution in [0.3, 0.4) is 0 Å². The van der Waals surface area contributed by atoms with Gasteiger partial charge in [-0.2, -0.15) is 10.3 Å². The Hall–Kier alpha value is -3.86. The fourth-order valence-electron chi connectivity index (χ4n) is 2.72. The molecule has 2 aromatic rings. The molecule has 8 nitrogen and oxygen atoms in total. The number of urea groups is 1. The highest BCUT2D eigenvalue weighted by molar-refractivity contribution is 6.09. The number of rotatable bonds is 4. The SMILES string of the molecule is COc1ccc([C@]2(C)NC(=O)N(NC(=O)c3ccc(C#N)cc3)C2=O)cc1. The zero-order valence-corrected chi connectivity index (χ0v) is 14.6.